The number of halogens is 1. The Morgan fingerprint density at radius 1 is 0.700 bits per heavy atom. The van der Waals surface area contributed by atoms with E-state index in [4.69, 9.17) is 0 Å². The molecule has 0 aromatic heterocycles. The van der Waals surface area contributed by atoms with Gasteiger partial charge in [0.2, 0.25) is 0 Å². The minimum atomic E-state index is 0. The molecule has 0 aliphatic heterocycles. The molecule has 0 aliphatic rings. The maximum atomic E-state index is 3.46. The highest BCUT2D eigenvalue weighted by molar-refractivity contribution is 5.85. The fraction of sp³-hybridized carbons (Fsp3) is 1.00. The maximum absolute atomic E-state index is 3.46. The predicted molar refractivity (Wildman–Crippen MR) is 49.9 cm³/mol. The van der Waals surface area contributed by atoms with Crippen molar-refractivity contribution >= 4 is 12.4 Å². The molecule has 0 amide bonds. The first-order valence-corrected chi connectivity index (χ1v) is 3.50. The smallest absolute Gasteiger partial charge is 0.0101 e. The first kappa shape index (κ1) is 12.9. The molecule has 0 atom stereocenters. The lowest BCUT2D eigenvalue weighted by molar-refractivity contribution is 0.303. The molecule has 0 unspecified atom stereocenters. The Hall–Kier alpha value is 0.250. The topological polar surface area (TPSA) is 12.0 Å². The Labute approximate surface area is 71.0 Å². The molecule has 0 bridgehead atoms. The number of nitrogens with one attached hydrogen (secondary N) is 1. The van der Waals surface area contributed by atoms with E-state index in [0.717, 1.165) is 0 Å². The van der Waals surface area contributed by atoms with Crippen LogP contribution in [0.2, 0.25) is 0 Å². The van der Waals surface area contributed by atoms with E-state index in [2.05, 4.69) is 46.9 Å². The van der Waals surface area contributed by atoms with Crippen LogP contribution < -0.4 is 5.32 Å². The van der Waals surface area contributed by atoms with Crippen LogP contribution >= 0.6 is 12.4 Å². The second-order valence-corrected chi connectivity index (χ2v) is 4.62. The molecule has 1 nitrogen and oxygen atoms in total. The second kappa shape index (κ2) is 3.59. The van der Waals surface area contributed by atoms with Crippen LogP contribution in [0.5, 0.6) is 0 Å². The molecular formula is C8H20ClN. The zero-order valence-electron chi connectivity index (χ0n) is 7.91. The standard InChI is InChI=1S/C8H19N.ClH/c1-7(2,3)9-8(4,5)6;/h9H,1-6H3;1H. The van der Waals surface area contributed by atoms with Gasteiger partial charge in [-0.05, 0) is 41.5 Å². The van der Waals surface area contributed by atoms with Crippen LogP contribution in [0.3, 0.4) is 0 Å². The van der Waals surface area contributed by atoms with Crippen molar-refractivity contribution in [2.75, 3.05) is 0 Å². The molecule has 0 aliphatic carbocycles. The van der Waals surface area contributed by atoms with Crippen molar-refractivity contribution in [1.82, 2.24) is 5.32 Å². The fourth-order valence-corrected chi connectivity index (χ4v) is 1.12. The highest BCUT2D eigenvalue weighted by Gasteiger charge is 2.17. The largest absolute Gasteiger partial charge is 0.307 e. The summed E-state index contributed by atoms with van der Waals surface area (Å²) in [5, 5.41) is 3.46. The zero-order valence-corrected chi connectivity index (χ0v) is 8.72. The van der Waals surface area contributed by atoms with Gasteiger partial charge in [-0.2, -0.15) is 0 Å². The summed E-state index contributed by atoms with van der Waals surface area (Å²) in [5.74, 6) is 0. The molecule has 64 valence electrons. The van der Waals surface area contributed by atoms with Crippen LogP contribution in [-0.2, 0) is 0 Å². The van der Waals surface area contributed by atoms with E-state index in [9.17, 15) is 0 Å². The molecule has 0 heterocycles. The molecule has 0 spiro atoms. The highest BCUT2D eigenvalue weighted by atomic mass is 35.5. The number of rotatable bonds is 0. The van der Waals surface area contributed by atoms with Crippen molar-refractivity contribution in [3.05, 3.63) is 0 Å². The minimum absolute atomic E-state index is 0. The van der Waals surface area contributed by atoms with Crippen LogP contribution in [0.1, 0.15) is 41.5 Å². The Kier molecular flexibility index (Phi) is 4.62. The lowest BCUT2D eigenvalue weighted by atomic mass is 10.0. The molecule has 0 fully saturated rings. The van der Waals surface area contributed by atoms with Crippen molar-refractivity contribution in [3.63, 3.8) is 0 Å². The monoisotopic (exact) mass is 165 g/mol. The third kappa shape index (κ3) is 11.1. The summed E-state index contributed by atoms with van der Waals surface area (Å²) in [6, 6.07) is 0. The van der Waals surface area contributed by atoms with Gasteiger partial charge in [0.1, 0.15) is 0 Å². The van der Waals surface area contributed by atoms with Gasteiger partial charge in [0, 0.05) is 11.1 Å². The molecule has 1 N–H and O–H groups in total. The quantitative estimate of drug-likeness (QED) is 0.582. The van der Waals surface area contributed by atoms with Gasteiger partial charge < -0.3 is 5.32 Å². The van der Waals surface area contributed by atoms with Crippen LogP contribution in [0.25, 0.3) is 0 Å². The van der Waals surface area contributed by atoms with Gasteiger partial charge in [-0.15, -0.1) is 12.4 Å². The summed E-state index contributed by atoms with van der Waals surface area (Å²) in [6.45, 7) is 13.1. The normalized spacial score (nSPS) is 12.6. The van der Waals surface area contributed by atoms with Crippen LogP contribution in [0.4, 0.5) is 0 Å². The second-order valence-electron chi connectivity index (χ2n) is 4.62. The van der Waals surface area contributed by atoms with E-state index in [0.29, 0.717) is 0 Å². The van der Waals surface area contributed by atoms with Gasteiger partial charge in [0.25, 0.3) is 0 Å². The molecular weight excluding hydrogens is 146 g/mol. The third-order valence-corrected chi connectivity index (χ3v) is 0.750. The van der Waals surface area contributed by atoms with Gasteiger partial charge in [0.15, 0.2) is 0 Å². The Bertz CT molecular complexity index is 74.4. The lowest BCUT2D eigenvalue weighted by Gasteiger charge is -2.31. The van der Waals surface area contributed by atoms with Crippen molar-refractivity contribution in [2.24, 2.45) is 0 Å². The summed E-state index contributed by atoms with van der Waals surface area (Å²) in [5.41, 5.74) is 0.469. The van der Waals surface area contributed by atoms with Gasteiger partial charge in [0.05, 0.1) is 0 Å². The number of hydrogen-bond acceptors (Lipinski definition) is 1. The highest BCUT2D eigenvalue weighted by Crippen LogP contribution is 2.08. The van der Waals surface area contributed by atoms with E-state index in [-0.39, 0.29) is 23.5 Å². The summed E-state index contributed by atoms with van der Waals surface area (Å²) >= 11 is 0. The van der Waals surface area contributed by atoms with Crippen molar-refractivity contribution in [1.29, 1.82) is 0 Å². The van der Waals surface area contributed by atoms with Crippen LogP contribution in [0, 0.1) is 0 Å². The van der Waals surface area contributed by atoms with E-state index in [1.807, 2.05) is 0 Å². The van der Waals surface area contributed by atoms with Gasteiger partial charge >= 0.3 is 0 Å². The molecule has 10 heavy (non-hydrogen) atoms. The van der Waals surface area contributed by atoms with E-state index < -0.39 is 0 Å². The van der Waals surface area contributed by atoms with E-state index in [1.165, 1.54) is 0 Å². The maximum Gasteiger partial charge on any atom is 0.0101 e. The first-order chi connectivity index (χ1) is 3.71. The predicted octanol–water partition coefficient (Wildman–Crippen LogP) is 2.59. The average molecular weight is 166 g/mol. The summed E-state index contributed by atoms with van der Waals surface area (Å²) in [6.07, 6.45) is 0. The minimum Gasteiger partial charge on any atom is -0.307 e. The van der Waals surface area contributed by atoms with Crippen molar-refractivity contribution < 1.29 is 0 Å². The Morgan fingerprint density at radius 2 is 0.900 bits per heavy atom. The summed E-state index contributed by atoms with van der Waals surface area (Å²) < 4.78 is 0. The van der Waals surface area contributed by atoms with Crippen molar-refractivity contribution in [2.45, 2.75) is 52.6 Å². The molecule has 2 heteroatoms. The lowest BCUT2D eigenvalue weighted by Crippen LogP contribution is -2.48. The average Bonchev–Trinajstić information content (AvgIpc) is 1.14. The van der Waals surface area contributed by atoms with Crippen LogP contribution in [0.15, 0.2) is 0 Å². The third-order valence-electron chi connectivity index (χ3n) is 0.750. The molecule has 0 aromatic rings. The van der Waals surface area contributed by atoms with Gasteiger partial charge in [-0.1, -0.05) is 0 Å². The summed E-state index contributed by atoms with van der Waals surface area (Å²) in [4.78, 5) is 0. The van der Waals surface area contributed by atoms with Crippen molar-refractivity contribution in [3.8, 4) is 0 Å². The Morgan fingerprint density at radius 3 is 0.900 bits per heavy atom. The SMILES string of the molecule is CC(C)(C)NC(C)(C)C.Cl. The molecule has 0 saturated carbocycles. The molecule has 0 radical (unpaired) electrons. The summed E-state index contributed by atoms with van der Waals surface area (Å²) in [7, 11) is 0. The Balaban J connectivity index is 0. The first-order valence-electron chi connectivity index (χ1n) is 3.50. The fourth-order valence-electron chi connectivity index (χ4n) is 1.12. The number of hydrogen-bond donors (Lipinski definition) is 1. The van der Waals surface area contributed by atoms with Crippen LogP contribution in [-0.4, -0.2) is 11.1 Å². The molecule has 0 rings (SSSR count). The molecule has 0 aromatic carbocycles. The van der Waals surface area contributed by atoms with E-state index >= 15 is 0 Å². The van der Waals surface area contributed by atoms with Gasteiger partial charge in [-0.25, -0.2) is 0 Å². The molecule has 0 saturated heterocycles. The van der Waals surface area contributed by atoms with Gasteiger partial charge in [-0.3, -0.25) is 0 Å². The zero-order chi connectivity index (χ0) is 7.71. The van der Waals surface area contributed by atoms with E-state index in [1.54, 1.807) is 0 Å².